The molecule has 1 N–H and O–H groups in total. The molecular weight excluding hydrogens is 275 g/mol. The molecule has 0 fully saturated rings. The summed E-state index contributed by atoms with van der Waals surface area (Å²) < 4.78 is 38.2. The van der Waals surface area contributed by atoms with Crippen molar-refractivity contribution in [1.29, 1.82) is 0 Å². The quantitative estimate of drug-likeness (QED) is 0.926. The molecule has 0 saturated heterocycles. The molecule has 1 amide bonds. The molecule has 4 nitrogen and oxygen atoms in total. The van der Waals surface area contributed by atoms with E-state index in [0.29, 0.717) is 0 Å². The smallest absolute Gasteiger partial charge is 0.416 e. The van der Waals surface area contributed by atoms with Gasteiger partial charge in [0.05, 0.1) is 12.0 Å². The third kappa shape index (κ3) is 3.97. The van der Waals surface area contributed by atoms with Gasteiger partial charge in [0.2, 0.25) is 0 Å². The molecule has 0 unspecified atom stereocenters. The second-order valence-corrected chi connectivity index (χ2v) is 4.40. The first-order valence-electron chi connectivity index (χ1n) is 5.78. The lowest BCUT2D eigenvalue weighted by Gasteiger charge is -2.17. The number of carbonyl (C=O) groups excluding carboxylic acids is 1. The molecule has 0 aliphatic rings. The topological polar surface area (TPSA) is 57.6 Å². The molecule has 0 bridgehead atoms. The zero-order valence-corrected chi connectivity index (χ0v) is 11.0. The van der Waals surface area contributed by atoms with Gasteiger partial charge in [0.1, 0.15) is 0 Å². The van der Waals surface area contributed by atoms with Gasteiger partial charge in [0, 0.05) is 19.2 Å². The lowest BCUT2D eigenvalue weighted by atomic mass is 10.0. The number of hydrogen-bond donors (Lipinski definition) is 1. The van der Waals surface area contributed by atoms with Crippen molar-refractivity contribution in [3.63, 3.8) is 0 Å². The van der Waals surface area contributed by atoms with Crippen LogP contribution in [0.3, 0.4) is 0 Å². The number of hydrogen-bond acceptors (Lipinski definition) is 2. The second kappa shape index (κ2) is 5.94. The maximum atomic E-state index is 12.7. The van der Waals surface area contributed by atoms with Gasteiger partial charge in [-0.3, -0.25) is 9.59 Å². The van der Waals surface area contributed by atoms with Crippen LogP contribution in [0.1, 0.15) is 27.9 Å². The van der Waals surface area contributed by atoms with Crippen molar-refractivity contribution in [3.05, 3.63) is 34.9 Å². The number of carbonyl (C=O) groups is 2. The van der Waals surface area contributed by atoms with Gasteiger partial charge in [-0.2, -0.15) is 13.2 Å². The van der Waals surface area contributed by atoms with Crippen molar-refractivity contribution >= 4 is 11.9 Å². The number of alkyl halides is 3. The van der Waals surface area contributed by atoms with Crippen LogP contribution in [-0.4, -0.2) is 35.5 Å². The van der Waals surface area contributed by atoms with E-state index < -0.39 is 23.6 Å². The van der Waals surface area contributed by atoms with Gasteiger partial charge in [0.15, 0.2) is 0 Å². The first-order valence-corrected chi connectivity index (χ1v) is 5.78. The molecule has 1 rings (SSSR count). The van der Waals surface area contributed by atoms with Gasteiger partial charge in [-0.15, -0.1) is 0 Å². The molecule has 110 valence electrons. The Morgan fingerprint density at radius 2 is 1.90 bits per heavy atom. The molecule has 0 aliphatic carbocycles. The van der Waals surface area contributed by atoms with E-state index in [9.17, 15) is 22.8 Å². The van der Waals surface area contributed by atoms with Crippen molar-refractivity contribution in [1.82, 2.24) is 4.90 Å². The molecule has 20 heavy (non-hydrogen) atoms. The van der Waals surface area contributed by atoms with E-state index in [1.54, 1.807) is 0 Å². The fourth-order valence-electron chi connectivity index (χ4n) is 1.65. The first kappa shape index (κ1) is 16.0. The van der Waals surface area contributed by atoms with E-state index in [2.05, 4.69) is 0 Å². The highest BCUT2D eigenvalue weighted by Gasteiger charge is 2.33. The molecule has 0 radical (unpaired) electrons. The van der Waals surface area contributed by atoms with E-state index in [-0.39, 0.29) is 24.1 Å². The van der Waals surface area contributed by atoms with Gasteiger partial charge in [-0.05, 0) is 24.6 Å². The minimum absolute atomic E-state index is 0.0299. The summed E-state index contributed by atoms with van der Waals surface area (Å²) in [5.41, 5.74) is -0.951. The van der Waals surface area contributed by atoms with E-state index in [4.69, 9.17) is 5.11 Å². The van der Waals surface area contributed by atoms with Crippen LogP contribution in [0, 0.1) is 6.92 Å². The lowest BCUT2D eigenvalue weighted by molar-refractivity contribution is -0.138. The number of nitrogens with zero attached hydrogens (tertiary/aromatic N) is 1. The summed E-state index contributed by atoms with van der Waals surface area (Å²) in [6, 6.07) is 3.31. The third-order valence-electron chi connectivity index (χ3n) is 2.80. The van der Waals surface area contributed by atoms with E-state index in [1.165, 1.54) is 26.1 Å². The zero-order chi connectivity index (χ0) is 15.5. The molecular formula is C13H14F3NO3. The average Bonchev–Trinajstić information content (AvgIpc) is 2.34. The summed E-state index contributed by atoms with van der Waals surface area (Å²) in [5, 5.41) is 8.52. The standard InChI is InChI=1S/C13H14F3NO3/c1-8-3-4-9(7-10(8)13(14,15)16)12(20)17(2)6-5-11(18)19/h3-4,7H,5-6H2,1-2H3,(H,18,19). The molecule has 0 spiro atoms. The molecule has 1 aromatic carbocycles. The van der Waals surface area contributed by atoms with Crippen LogP contribution < -0.4 is 0 Å². The molecule has 7 heteroatoms. The monoisotopic (exact) mass is 289 g/mol. The highest BCUT2D eigenvalue weighted by Crippen LogP contribution is 2.32. The van der Waals surface area contributed by atoms with Crippen LogP contribution in [0.15, 0.2) is 18.2 Å². The molecule has 0 aromatic heterocycles. The number of amides is 1. The second-order valence-electron chi connectivity index (χ2n) is 4.40. The lowest BCUT2D eigenvalue weighted by Crippen LogP contribution is -2.29. The van der Waals surface area contributed by atoms with Crippen LogP contribution in [0.25, 0.3) is 0 Å². The Balaban J connectivity index is 2.97. The molecule has 0 heterocycles. The van der Waals surface area contributed by atoms with Crippen molar-refractivity contribution in [3.8, 4) is 0 Å². The van der Waals surface area contributed by atoms with Gasteiger partial charge in [0.25, 0.3) is 5.91 Å². The molecule has 0 atom stereocenters. The van der Waals surface area contributed by atoms with Crippen molar-refractivity contribution in [2.45, 2.75) is 19.5 Å². The third-order valence-corrected chi connectivity index (χ3v) is 2.80. The van der Waals surface area contributed by atoms with Crippen LogP contribution in [-0.2, 0) is 11.0 Å². The van der Waals surface area contributed by atoms with E-state index in [1.807, 2.05) is 0 Å². The Kier molecular flexibility index (Phi) is 4.75. The maximum Gasteiger partial charge on any atom is 0.416 e. The predicted molar refractivity (Wildman–Crippen MR) is 65.4 cm³/mol. The van der Waals surface area contributed by atoms with Gasteiger partial charge in [-0.1, -0.05) is 6.07 Å². The molecule has 1 aromatic rings. The fourth-order valence-corrected chi connectivity index (χ4v) is 1.65. The summed E-state index contributed by atoms with van der Waals surface area (Å²) in [6.45, 7) is 1.24. The minimum atomic E-state index is -4.53. The zero-order valence-electron chi connectivity index (χ0n) is 11.0. The summed E-state index contributed by atoms with van der Waals surface area (Å²) in [6.07, 6.45) is -4.79. The Bertz CT molecular complexity index is 526. The van der Waals surface area contributed by atoms with E-state index in [0.717, 1.165) is 11.0 Å². The summed E-state index contributed by atoms with van der Waals surface area (Å²) in [7, 11) is 1.35. The Morgan fingerprint density at radius 1 is 1.30 bits per heavy atom. The number of rotatable bonds is 4. The predicted octanol–water partition coefficient (Wildman–Crippen LogP) is 2.56. The molecule has 0 saturated carbocycles. The Hall–Kier alpha value is -2.05. The van der Waals surface area contributed by atoms with Crippen LogP contribution in [0.2, 0.25) is 0 Å². The van der Waals surface area contributed by atoms with Gasteiger partial charge < -0.3 is 10.0 Å². The van der Waals surface area contributed by atoms with Crippen molar-refractivity contribution < 1.29 is 27.9 Å². The first-order chi connectivity index (χ1) is 9.12. The van der Waals surface area contributed by atoms with Crippen LogP contribution >= 0.6 is 0 Å². The number of carboxylic acids is 1. The highest BCUT2D eigenvalue weighted by atomic mass is 19.4. The van der Waals surface area contributed by atoms with Gasteiger partial charge >= 0.3 is 12.1 Å². The number of aliphatic carboxylic acids is 1. The fraction of sp³-hybridized carbons (Fsp3) is 0.385. The van der Waals surface area contributed by atoms with E-state index >= 15 is 0 Å². The average molecular weight is 289 g/mol. The van der Waals surface area contributed by atoms with Gasteiger partial charge in [-0.25, -0.2) is 0 Å². The largest absolute Gasteiger partial charge is 0.481 e. The van der Waals surface area contributed by atoms with Crippen molar-refractivity contribution in [2.24, 2.45) is 0 Å². The summed E-state index contributed by atoms with van der Waals surface area (Å²) in [4.78, 5) is 23.4. The molecule has 0 aliphatic heterocycles. The Morgan fingerprint density at radius 3 is 2.40 bits per heavy atom. The number of benzene rings is 1. The Labute approximate surface area is 113 Å². The minimum Gasteiger partial charge on any atom is -0.481 e. The number of aryl methyl sites for hydroxylation is 1. The number of halogens is 3. The highest BCUT2D eigenvalue weighted by molar-refractivity contribution is 5.94. The maximum absolute atomic E-state index is 12.7. The number of carboxylic acid groups (broad SMARTS) is 1. The van der Waals surface area contributed by atoms with Crippen molar-refractivity contribution in [2.75, 3.05) is 13.6 Å². The summed E-state index contributed by atoms with van der Waals surface area (Å²) in [5.74, 6) is -1.72. The van der Waals surface area contributed by atoms with Crippen LogP contribution in [0.5, 0.6) is 0 Å². The summed E-state index contributed by atoms with van der Waals surface area (Å²) >= 11 is 0. The normalized spacial score (nSPS) is 11.2. The van der Waals surface area contributed by atoms with Crippen LogP contribution in [0.4, 0.5) is 13.2 Å². The SMILES string of the molecule is Cc1ccc(C(=O)N(C)CCC(=O)O)cc1C(F)(F)F.